The number of carbonyl (C=O) groups excluding carboxylic acids is 1. The van der Waals surface area contributed by atoms with E-state index in [2.05, 4.69) is 0 Å². The van der Waals surface area contributed by atoms with E-state index in [0.717, 1.165) is 12.3 Å². The lowest BCUT2D eigenvalue weighted by atomic mass is 10.1. The van der Waals surface area contributed by atoms with Crippen molar-refractivity contribution in [3.05, 3.63) is 29.6 Å². The van der Waals surface area contributed by atoms with E-state index in [0.29, 0.717) is 0 Å². The highest BCUT2D eigenvalue weighted by molar-refractivity contribution is 7.91. The van der Waals surface area contributed by atoms with Crippen LogP contribution in [0.2, 0.25) is 0 Å². The molecule has 0 radical (unpaired) electrons. The summed E-state index contributed by atoms with van der Waals surface area (Å²) in [5.41, 5.74) is -0.324. The molecule has 0 fully saturated rings. The Bertz CT molecular complexity index is 508. The minimum Gasteiger partial charge on any atom is -0.496 e. The zero-order valence-electron chi connectivity index (χ0n) is 8.86. The van der Waals surface area contributed by atoms with E-state index in [-0.39, 0.29) is 11.3 Å². The largest absolute Gasteiger partial charge is 0.496 e. The van der Waals surface area contributed by atoms with Crippen LogP contribution in [0.15, 0.2) is 18.2 Å². The quantitative estimate of drug-likeness (QED) is 0.745. The first-order valence-corrected chi connectivity index (χ1v) is 6.44. The number of ketones is 1. The molecule has 0 unspecified atom stereocenters. The summed E-state index contributed by atoms with van der Waals surface area (Å²) in [6.07, 6.45) is 0.915. The van der Waals surface area contributed by atoms with Gasteiger partial charge in [-0.1, -0.05) is 6.07 Å². The first-order chi connectivity index (χ1) is 7.35. The van der Waals surface area contributed by atoms with Crippen LogP contribution in [0.3, 0.4) is 0 Å². The first-order valence-electron chi connectivity index (χ1n) is 4.38. The maximum Gasteiger partial charge on any atom is 0.184 e. The van der Waals surface area contributed by atoms with Crippen molar-refractivity contribution >= 4 is 15.6 Å². The Hall–Kier alpha value is -1.43. The molecule has 0 amide bonds. The second-order valence-corrected chi connectivity index (χ2v) is 5.45. The van der Waals surface area contributed by atoms with Gasteiger partial charge in [0.2, 0.25) is 0 Å². The van der Waals surface area contributed by atoms with E-state index in [9.17, 15) is 17.6 Å². The molecule has 6 heteroatoms. The third-order valence-corrected chi connectivity index (χ3v) is 2.65. The lowest BCUT2D eigenvalue weighted by Gasteiger charge is -2.07. The summed E-state index contributed by atoms with van der Waals surface area (Å²) in [5.74, 6) is -2.29. The van der Waals surface area contributed by atoms with E-state index in [1.165, 1.54) is 19.2 Å². The number of ether oxygens (including phenoxy) is 1. The normalized spacial score (nSPS) is 11.2. The van der Waals surface area contributed by atoms with E-state index >= 15 is 0 Å². The highest BCUT2D eigenvalue weighted by Crippen LogP contribution is 2.21. The smallest absolute Gasteiger partial charge is 0.184 e. The molecule has 0 saturated carbocycles. The van der Waals surface area contributed by atoms with Gasteiger partial charge in [0, 0.05) is 6.26 Å². The van der Waals surface area contributed by atoms with Crippen molar-refractivity contribution in [1.82, 2.24) is 0 Å². The Kier molecular flexibility index (Phi) is 3.64. The van der Waals surface area contributed by atoms with Gasteiger partial charge in [-0.3, -0.25) is 4.79 Å². The lowest BCUT2D eigenvalue weighted by Crippen LogP contribution is -2.16. The Morgan fingerprint density at radius 3 is 2.56 bits per heavy atom. The van der Waals surface area contributed by atoms with E-state index in [1.54, 1.807) is 0 Å². The van der Waals surface area contributed by atoms with Gasteiger partial charge < -0.3 is 4.74 Å². The number of hydrogen-bond acceptors (Lipinski definition) is 4. The summed E-state index contributed by atoms with van der Waals surface area (Å²) >= 11 is 0. The molecule has 4 nitrogen and oxygen atoms in total. The summed E-state index contributed by atoms with van der Waals surface area (Å²) in [6, 6.07) is 3.86. The summed E-state index contributed by atoms with van der Waals surface area (Å²) in [4.78, 5) is 11.6. The standard InChI is InChI=1S/C10H11FO4S/c1-15-9-5-3-4-7(11)10(9)8(12)6-16(2,13)14/h3-5H,6H2,1-2H3. The molecule has 0 saturated heterocycles. The summed E-state index contributed by atoms with van der Waals surface area (Å²) < 4.78 is 40.1. The molecule has 0 aromatic heterocycles. The minimum absolute atomic E-state index is 0.0358. The number of methoxy groups -OCH3 is 1. The van der Waals surface area contributed by atoms with E-state index < -0.39 is 27.2 Å². The number of hydrogen-bond donors (Lipinski definition) is 0. The maximum absolute atomic E-state index is 13.4. The van der Waals surface area contributed by atoms with Crippen LogP contribution in [-0.2, 0) is 9.84 Å². The summed E-state index contributed by atoms with van der Waals surface area (Å²) in [7, 11) is -2.20. The second kappa shape index (κ2) is 4.61. The average Bonchev–Trinajstić information content (AvgIpc) is 2.14. The number of sulfone groups is 1. The molecule has 0 aliphatic carbocycles. The topological polar surface area (TPSA) is 60.4 Å². The van der Waals surface area contributed by atoms with E-state index in [4.69, 9.17) is 4.74 Å². The molecule has 1 aromatic carbocycles. The van der Waals surface area contributed by atoms with Gasteiger partial charge in [0.15, 0.2) is 15.6 Å². The molecular formula is C10H11FO4S. The average molecular weight is 246 g/mol. The van der Waals surface area contributed by atoms with Gasteiger partial charge in [-0.25, -0.2) is 12.8 Å². The van der Waals surface area contributed by atoms with Crippen LogP contribution >= 0.6 is 0 Å². The first kappa shape index (κ1) is 12.6. The highest BCUT2D eigenvalue weighted by Gasteiger charge is 2.20. The van der Waals surface area contributed by atoms with Crippen LogP contribution in [0.5, 0.6) is 5.75 Å². The van der Waals surface area contributed by atoms with Crippen LogP contribution in [0, 0.1) is 5.82 Å². The molecule has 0 aliphatic heterocycles. The lowest BCUT2D eigenvalue weighted by molar-refractivity contribution is 0.101. The zero-order valence-corrected chi connectivity index (χ0v) is 9.67. The number of Topliss-reactive ketones (excluding diaryl/α,β-unsaturated/α-hetero) is 1. The molecule has 0 heterocycles. The molecule has 16 heavy (non-hydrogen) atoms. The monoisotopic (exact) mass is 246 g/mol. The summed E-state index contributed by atoms with van der Waals surface area (Å²) in [6.45, 7) is 0. The van der Waals surface area contributed by atoms with Crippen LogP contribution in [-0.4, -0.2) is 33.3 Å². The van der Waals surface area contributed by atoms with Crippen LogP contribution in [0.1, 0.15) is 10.4 Å². The highest BCUT2D eigenvalue weighted by atomic mass is 32.2. The molecule has 1 rings (SSSR count). The van der Waals surface area contributed by atoms with Crippen molar-refractivity contribution in [2.75, 3.05) is 19.1 Å². The fourth-order valence-corrected chi connectivity index (χ4v) is 1.88. The van der Waals surface area contributed by atoms with Crippen molar-refractivity contribution < 1.29 is 22.3 Å². The Labute approximate surface area is 93.0 Å². The molecule has 1 aromatic rings. The van der Waals surface area contributed by atoms with Crippen LogP contribution < -0.4 is 4.74 Å². The van der Waals surface area contributed by atoms with Gasteiger partial charge in [-0.05, 0) is 12.1 Å². The number of halogens is 1. The molecule has 0 N–H and O–H groups in total. The molecule has 0 spiro atoms. The van der Waals surface area contributed by atoms with Crippen LogP contribution in [0.25, 0.3) is 0 Å². The molecule has 0 atom stereocenters. The zero-order chi connectivity index (χ0) is 12.3. The predicted molar refractivity (Wildman–Crippen MR) is 57.0 cm³/mol. The third kappa shape index (κ3) is 3.03. The Morgan fingerprint density at radius 1 is 1.44 bits per heavy atom. The summed E-state index contributed by atoms with van der Waals surface area (Å²) in [5, 5.41) is 0. The number of benzene rings is 1. The van der Waals surface area contributed by atoms with Gasteiger partial charge in [0.1, 0.15) is 17.3 Å². The van der Waals surface area contributed by atoms with Gasteiger partial charge in [0.25, 0.3) is 0 Å². The predicted octanol–water partition coefficient (Wildman–Crippen LogP) is 1.06. The van der Waals surface area contributed by atoms with Gasteiger partial charge in [-0.2, -0.15) is 0 Å². The fourth-order valence-electron chi connectivity index (χ4n) is 1.26. The van der Waals surface area contributed by atoms with Crippen molar-refractivity contribution in [2.24, 2.45) is 0 Å². The van der Waals surface area contributed by atoms with Crippen LogP contribution in [0.4, 0.5) is 4.39 Å². The van der Waals surface area contributed by atoms with Gasteiger partial charge in [-0.15, -0.1) is 0 Å². The molecule has 0 bridgehead atoms. The van der Waals surface area contributed by atoms with Crippen molar-refractivity contribution in [1.29, 1.82) is 0 Å². The molecule has 88 valence electrons. The number of carbonyl (C=O) groups is 1. The molecule has 0 aliphatic rings. The molecular weight excluding hydrogens is 235 g/mol. The van der Waals surface area contributed by atoms with E-state index in [1.807, 2.05) is 0 Å². The van der Waals surface area contributed by atoms with Crippen molar-refractivity contribution in [2.45, 2.75) is 0 Å². The minimum atomic E-state index is -3.49. The number of rotatable bonds is 4. The second-order valence-electron chi connectivity index (χ2n) is 3.31. The third-order valence-electron chi connectivity index (χ3n) is 1.87. The van der Waals surface area contributed by atoms with Crippen molar-refractivity contribution in [3.63, 3.8) is 0 Å². The fraction of sp³-hybridized carbons (Fsp3) is 0.300. The van der Waals surface area contributed by atoms with Gasteiger partial charge >= 0.3 is 0 Å². The van der Waals surface area contributed by atoms with Gasteiger partial charge in [0.05, 0.1) is 12.7 Å². The Morgan fingerprint density at radius 2 is 2.06 bits per heavy atom. The Balaban J connectivity index is 3.17. The van der Waals surface area contributed by atoms with Crippen molar-refractivity contribution in [3.8, 4) is 5.75 Å². The maximum atomic E-state index is 13.4. The SMILES string of the molecule is COc1cccc(F)c1C(=O)CS(C)(=O)=O.